The molecule has 2 saturated heterocycles. The lowest BCUT2D eigenvalue weighted by atomic mass is 10.1. The minimum absolute atomic E-state index is 0.00249. The molecule has 4 rings (SSSR count). The molecule has 0 unspecified atom stereocenters. The van der Waals surface area contributed by atoms with Crippen molar-refractivity contribution < 1.29 is 52.4 Å². The number of rotatable bonds is 19. The Morgan fingerprint density at radius 1 is 0.759 bits per heavy atom. The number of aryl methyl sites for hydroxylation is 1. The summed E-state index contributed by atoms with van der Waals surface area (Å²) in [5, 5.41) is 5.35. The Balaban J connectivity index is 1.40. The van der Waals surface area contributed by atoms with Gasteiger partial charge in [-0.15, -0.1) is 0 Å². The second kappa shape index (κ2) is 21.5. The van der Waals surface area contributed by atoms with Gasteiger partial charge in [0, 0.05) is 38.2 Å². The van der Waals surface area contributed by atoms with Crippen molar-refractivity contribution in [2.24, 2.45) is 0 Å². The molecule has 58 heavy (non-hydrogen) atoms. The van der Waals surface area contributed by atoms with Gasteiger partial charge in [0.15, 0.2) is 11.5 Å². The summed E-state index contributed by atoms with van der Waals surface area (Å²) in [6, 6.07) is 6.01. The van der Waals surface area contributed by atoms with E-state index >= 15 is 0 Å². The van der Waals surface area contributed by atoms with Crippen LogP contribution in [0.1, 0.15) is 85.6 Å². The first-order chi connectivity index (χ1) is 27.8. The number of amides is 4. The molecule has 314 valence electrons. The quantitative estimate of drug-likeness (QED) is 0.0626. The van der Waals surface area contributed by atoms with Crippen molar-refractivity contribution in [1.82, 2.24) is 9.80 Å². The van der Waals surface area contributed by atoms with Crippen LogP contribution in [0.25, 0.3) is 0 Å². The second-order valence-corrected chi connectivity index (χ2v) is 14.1. The van der Waals surface area contributed by atoms with E-state index < -0.39 is 18.2 Å². The third-order valence-electron chi connectivity index (χ3n) is 9.65. The van der Waals surface area contributed by atoms with Crippen molar-refractivity contribution in [3.63, 3.8) is 0 Å². The van der Waals surface area contributed by atoms with Crippen molar-refractivity contribution in [3.8, 4) is 17.2 Å². The molecule has 2 aliphatic heterocycles. The maximum absolute atomic E-state index is 13.9. The van der Waals surface area contributed by atoms with E-state index in [1.54, 1.807) is 41.0 Å². The smallest absolute Gasteiger partial charge is 0.411 e. The molecule has 0 aromatic heterocycles. The molecule has 15 heteroatoms. The standard InChI is InChI=1S/C43H56N4O11/c1-9-15-57-43(52)45-36-23-39(38(53-8)21-34(36)41(50)46-24-27(4)18-31(46)10-2)56-17-14-12-13-16-55-37-22-35(44-42(51)54-11-3)33(20-29(37)6)40(49)47-25-28(5)19-32(47)26-58-30(7)48/h9,20-23,31-32H,1,4-5,10-19,24-26H2,2-3,6-8H3,(H,44,51)(H,45,52)/t31-,32+/m1/s1. The molecular formula is C43H56N4O11. The molecule has 0 aliphatic carbocycles. The van der Waals surface area contributed by atoms with E-state index in [4.69, 9.17) is 28.4 Å². The van der Waals surface area contributed by atoms with Crippen LogP contribution in [0.4, 0.5) is 21.0 Å². The lowest BCUT2D eigenvalue weighted by Crippen LogP contribution is -2.39. The van der Waals surface area contributed by atoms with Gasteiger partial charge >= 0.3 is 18.2 Å². The Morgan fingerprint density at radius 2 is 1.31 bits per heavy atom. The summed E-state index contributed by atoms with van der Waals surface area (Å²) in [4.78, 5) is 67.6. The van der Waals surface area contributed by atoms with E-state index in [-0.39, 0.29) is 66.2 Å². The van der Waals surface area contributed by atoms with Gasteiger partial charge in [-0.2, -0.15) is 0 Å². The number of hydrogen-bond donors (Lipinski definition) is 2. The number of nitrogens with zero attached hydrogens (tertiary/aromatic N) is 2. The summed E-state index contributed by atoms with van der Waals surface area (Å²) >= 11 is 0. The van der Waals surface area contributed by atoms with Crippen LogP contribution >= 0.6 is 0 Å². The summed E-state index contributed by atoms with van der Waals surface area (Å²) in [7, 11) is 1.48. The van der Waals surface area contributed by atoms with E-state index in [1.807, 2.05) is 13.8 Å². The summed E-state index contributed by atoms with van der Waals surface area (Å²) < 4.78 is 33.3. The minimum Gasteiger partial charge on any atom is -0.493 e. The van der Waals surface area contributed by atoms with Crippen molar-refractivity contribution in [3.05, 3.63) is 77.9 Å². The number of carbonyl (C=O) groups excluding carboxylic acids is 5. The Hall–Kier alpha value is -5.99. The number of nitrogens with one attached hydrogen (secondary N) is 2. The van der Waals surface area contributed by atoms with E-state index in [0.29, 0.717) is 74.8 Å². The lowest BCUT2D eigenvalue weighted by molar-refractivity contribution is -0.142. The highest BCUT2D eigenvalue weighted by atomic mass is 16.6. The van der Waals surface area contributed by atoms with Gasteiger partial charge in [0.05, 0.1) is 55.5 Å². The molecule has 2 heterocycles. The maximum atomic E-state index is 13.9. The summed E-state index contributed by atoms with van der Waals surface area (Å²) in [6.45, 7) is 20.0. The van der Waals surface area contributed by atoms with Gasteiger partial charge in [-0.05, 0) is 70.1 Å². The molecule has 0 radical (unpaired) electrons. The highest BCUT2D eigenvalue weighted by molar-refractivity contribution is 6.05. The Morgan fingerprint density at radius 3 is 1.88 bits per heavy atom. The van der Waals surface area contributed by atoms with Crippen LogP contribution in [-0.2, 0) is 19.0 Å². The molecule has 4 amide bonds. The SMILES string of the molecule is C=CCOC(=O)Nc1cc(OCCCCCOc2cc(NC(=O)OCC)c(C(=O)N3CC(=C)C[C@H]3COC(C)=O)cc2C)c(OC)cc1C(=O)N1CC(=C)C[C@H]1CC. The predicted octanol–water partition coefficient (Wildman–Crippen LogP) is 7.45. The normalized spacial score (nSPS) is 16.1. The molecule has 0 bridgehead atoms. The van der Waals surface area contributed by atoms with Gasteiger partial charge in [-0.25, -0.2) is 9.59 Å². The van der Waals surface area contributed by atoms with Gasteiger partial charge in [0.25, 0.3) is 11.8 Å². The van der Waals surface area contributed by atoms with Crippen LogP contribution in [0.5, 0.6) is 17.2 Å². The number of esters is 1. The van der Waals surface area contributed by atoms with Gasteiger partial charge < -0.3 is 38.2 Å². The van der Waals surface area contributed by atoms with E-state index in [1.165, 1.54) is 20.1 Å². The summed E-state index contributed by atoms with van der Waals surface area (Å²) in [5.41, 5.74) is 3.40. The zero-order chi connectivity index (χ0) is 42.4. The Labute approximate surface area is 340 Å². The predicted molar refractivity (Wildman–Crippen MR) is 219 cm³/mol. The van der Waals surface area contributed by atoms with Crippen LogP contribution < -0.4 is 24.8 Å². The number of carbonyl (C=O) groups is 5. The first-order valence-corrected chi connectivity index (χ1v) is 19.5. The van der Waals surface area contributed by atoms with Gasteiger partial charge in [0.2, 0.25) is 0 Å². The van der Waals surface area contributed by atoms with Crippen molar-refractivity contribution in [2.75, 3.05) is 63.9 Å². The largest absolute Gasteiger partial charge is 0.493 e. The number of methoxy groups -OCH3 is 1. The van der Waals surface area contributed by atoms with Crippen LogP contribution in [0.2, 0.25) is 0 Å². The van der Waals surface area contributed by atoms with Crippen molar-refractivity contribution in [2.45, 2.75) is 78.3 Å². The molecule has 0 saturated carbocycles. The van der Waals surface area contributed by atoms with Crippen LogP contribution in [-0.4, -0.2) is 105 Å². The highest BCUT2D eigenvalue weighted by Crippen LogP contribution is 2.37. The first-order valence-electron chi connectivity index (χ1n) is 19.5. The lowest BCUT2D eigenvalue weighted by Gasteiger charge is -2.25. The van der Waals surface area contributed by atoms with Gasteiger partial charge in [-0.1, -0.05) is 43.9 Å². The molecule has 2 aliphatic rings. The number of hydrogen-bond acceptors (Lipinski definition) is 11. The van der Waals surface area contributed by atoms with Crippen LogP contribution in [0.15, 0.2) is 61.2 Å². The van der Waals surface area contributed by atoms with Crippen LogP contribution in [0, 0.1) is 6.92 Å². The molecule has 2 fully saturated rings. The summed E-state index contributed by atoms with van der Waals surface area (Å²) in [5.74, 6) is 0.0975. The maximum Gasteiger partial charge on any atom is 0.411 e. The molecular weight excluding hydrogens is 748 g/mol. The van der Waals surface area contributed by atoms with E-state index in [9.17, 15) is 24.0 Å². The molecule has 2 aromatic carbocycles. The van der Waals surface area contributed by atoms with Gasteiger partial charge in [0.1, 0.15) is 19.0 Å². The van der Waals surface area contributed by atoms with Crippen molar-refractivity contribution in [1.29, 1.82) is 0 Å². The van der Waals surface area contributed by atoms with E-state index in [0.717, 1.165) is 24.0 Å². The number of benzene rings is 2. The Kier molecular flexibility index (Phi) is 16.6. The van der Waals surface area contributed by atoms with Crippen LogP contribution in [0.3, 0.4) is 0 Å². The second-order valence-electron chi connectivity index (χ2n) is 14.1. The molecule has 2 atom stereocenters. The fourth-order valence-electron chi connectivity index (χ4n) is 6.81. The molecule has 15 nitrogen and oxygen atoms in total. The average molecular weight is 805 g/mol. The average Bonchev–Trinajstić information content (AvgIpc) is 3.77. The molecule has 2 N–H and O–H groups in total. The zero-order valence-corrected chi connectivity index (χ0v) is 34.2. The number of likely N-dealkylation sites (tertiary alicyclic amines) is 2. The highest BCUT2D eigenvalue weighted by Gasteiger charge is 2.35. The fraction of sp³-hybridized carbons (Fsp3) is 0.465. The monoisotopic (exact) mass is 804 g/mol. The van der Waals surface area contributed by atoms with Crippen molar-refractivity contribution >= 4 is 41.3 Å². The summed E-state index contributed by atoms with van der Waals surface area (Å²) in [6.07, 6.45) is 3.97. The van der Waals surface area contributed by atoms with E-state index in [2.05, 4.69) is 30.4 Å². The first kappa shape index (κ1) is 44.7. The number of ether oxygens (including phenoxy) is 6. The molecule has 2 aromatic rings. The third kappa shape index (κ3) is 12.0. The van der Waals surface area contributed by atoms with Gasteiger partial charge in [-0.3, -0.25) is 25.0 Å². The topological polar surface area (TPSA) is 171 Å². The third-order valence-corrected chi connectivity index (χ3v) is 9.65. The number of anilines is 2. The molecule has 0 spiro atoms. The zero-order valence-electron chi connectivity index (χ0n) is 34.2. The number of unbranched alkanes of at least 4 members (excludes halogenated alkanes) is 2. The minimum atomic E-state index is -0.744. The Bertz CT molecular complexity index is 1880. The fourth-order valence-corrected chi connectivity index (χ4v) is 6.81.